The molecule has 0 atom stereocenters. The van der Waals surface area contributed by atoms with E-state index in [2.05, 4.69) is 20.3 Å². The third-order valence-electron chi connectivity index (χ3n) is 3.64. The minimum absolute atomic E-state index is 0.172. The highest BCUT2D eigenvalue weighted by atomic mass is 32.1. The van der Waals surface area contributed by atoms with Gasteiger partial charge in [0.25, 0.3) is 0 Å². The number of nitrogens with one attached hydrogen (secondary N) is 1. The number of fused-ring (bicyclic) bond motifs is 1. The van der Waals surface area contributed by atoms with E-state index in [0.29, 0.717) is 22.5 Å². The minimum atomic E-state index is -0.769. The van der Waals surface area contributed by atoms with Crippen molar-refractivity contribution >= 4 is 28.2 Å². The van der Waals surface area contributed by atoms with Crippen LogP contribution in [0.15, 0.2) is 59.7 Å². The van der Waals surface area contributed by atoms with Crippen LogP contribution < -0.4 is 11.0 Å². The molecule has 0 saturated carbocycles. The van der Waals surface area contributed by atoms with Crippen molar-refractivity contribution in [2.45, 2.75) is 6.54 Å². The van der Waals surface area contributed by atoms with Crippen molar-refractivity contribution in [3.63, 3.8) is 0 Å². The summed E-state index contributed by atoms with van der Waals surface area (Å²) in [5, 5.41) is 13.5. The number of anilines is 1. The molecule has 8 heteroatoms. The van der Waals surface area contributed by atoms with Gasteiger partial charge in [-0.05, 0) is 36.4 Å². The molecular formula is C17H13N5O2S. The standard InChI is InChI=1S/C17H13N5O2S/c23-17-21-15(12-4-3-9-19-16(12)22(17)24)20-10-11-6-7-14(25-11)13-5-1-2-8-18-13/h1-9,24H,10H2,(H,20,21,23). The van der Waals surface area contributed by atoms with E-state index < -0.39 is 5.69 Å². The minimum Gasteiger partial charge on any atom is -0.422 e. The molecule has 0 saturated heterocycles. The molecule has 0 aliphatic carbocycles. The number of rotatable bonds is 4. The van der Waals surface area contributed by atoms with Gasteiger partial charge in [0.15, 0.2) is 5.65 Å². The van der Waals surface area contributed by atoms with Gasteiger partial charge >= 0.3 is 5.69 Å². The molecule has 7 nitrogen and oxygen atoms in total. The molecule has 0 aliphatic heterocycles. The second-order valence-electron chi connectivity index (χ2n) is 5.26. The topological polar surface area (TPSA) is 92.9 Å². The van der Waals surface area contributed by atoms with E-state index >= 15 is 0 Å². The largest absolute Gasteiger partial charge is 0.422 e. The molecule has 2 N–H and O–H groups in total. The maximum atomic E-state index is 11.8. The lowest BCUT2D eigenvalue weighted by atomic mass is 10.3. The smallest absolute Gasteiger partial charge is 0.384 e. The number of thiophene rings is 1. The normalized spacial score (nSPS) is 10.9. The van der Waals surface area contributed by atoms with E-state index in [9.17, 15) is 10.0 Å². The fourth-order valence-electron chi connectivity index (χ4n) is 2.47. The van der Waals surface area contributed by atoms with Crippen LogP contribution in [0.2, 0.25) is 0 Å². The maximum absolute atomic E-state index is 11.8. The fourth-order valence-corrected chi connectivity index (χ4v) is 3.39. The van der Waals surface area contributed by atoms with Crippen LogP contribution in [0, 0.1) is 0 Å². The van der Waals surface area contributed by atoms with Gasteiger partial charge in [-0.2, -0.15) is 4.98 Å². The first-order valence-electron chi connectivity index (χ1n) is 7.53. The van der Waals surface area contributed by atoms with Gasteiger partial charge in [0, 0.05) is 17.3 Å². The van der Waals surface area contributed by atoms with Crippen molar-refractivity contribution < 1.29 is 5.21 Å². The third-order valence-corrected chi connectivity index (χ3v) is 4.75. The van der Waals surface area contributed by atoms with Crippen LogP contribution in [0.1, 0.15) is 4.88 Å². The Morgan fingerprint density at radius 2 is 1.96 bits per heavy atom. The first-order valence-corrected chi connectivity index (χ1v) is 8.35. The molecule has 0 unspecified atom stereocenters. The molecule has 0 aliphatic rings. The Kier molecular flexibility index (Phi) is 3.87. The summed E-state index contributed by atoms with van der Waals surface area (Å²) >= 11 is 1.62. The van der Waals surface area contributed by atoms with E-state index in [1.54, 1.807) is 29.7 Å². The number of hydrogen-bond donors (Lipinski definition) is 2. The van der Waals surface area contributed by atoms with Crippen molar-refractivity contribution in [1.82, 2.24) is 19.7 Å². The molecular weight excluding hydrogens is 338 g/mol. The van der Waals surface area contributed by atoms with E-state index in [4.69, 9.17) is 0 Å². The van der Waals surface area contributed by atoms with E-state index in [0.717, 1.165) is 15.4 Å². The molecule has 124 valence electrons. The first kappa shape index (κ1) is 15.3. The molecule has 0 fully saturated rings. The highest BCUT2D eigenvalue weighted by Crippen LogP contribution is 2.27. The van der Waals surface area contributed by atoms with E-state index in [-0.39, 0.29) is 5.65 Å². The Balaban J connectivity index is 1.60. The van der Waals surface area contributed by atoms with Gasteiger partial charge in [-0.25, -0.2) is 9.78 Å². The number of pyridine rings is 2. The molecule has 0 radical (unpaired) electrons. The lowest BCUT2D eigenvalue weighted by Crippen LogP contribution is -2.23. The van der Waals surface area contributed by atoms with Gasteiger partial charge in [0.1, 0.15) is 5.82 Å². The molecule has 4 aromatic rings. The number of hydrogen-bond acceptors (Lipinski definition) is 7. The average Bonchev–Trinajstić information content (AvgIpc) is 3.13. The molecule has 4 rings (SSSR count). The van der Waals surface area contributed by atoms with Crippen molar-refractivity contribution in [1.29, 1.82) is 0 Å². The van der Waals surface area contributed by atoms with Crippen LogP contribution in [-0.2, 0) is 6.54 Å². The van der Waals surface area contributed by atoms with Gasteiger partial charge in [0.05, 0.1) is 22.5 Å². The van der Waals surface area contributed by atoms with E-state index in [1.165, 1.54) is 6.20 Å². The Bertz CT molecular complexity index is 1090. The summed E-state index contributed by atoms with van der Waals surface area (Å²) < 4.78 is 0.449. The van der Waals surface area contributed by atoms with E-state index in [1.807, 2.05) is 30.3 Å². The molecule has 4 aromatic heterocycles. The summed E-state index contributed by atoms with van der Waals surface area (Å²) in [6, 6.07) is 13.3. The molecule has 0 amide bonds. The third kappa shape index (κ3) is 2.94. The summed E-state index contributed by atoms with van der Waals surface area (Å²) in [7, 11) is 0. The van der Waals surface area contributed by atoms with Crippen LogP contribution in [0.4, 0.5) is 5.82 Å². The van der Waals surface area contributed by atoms with Crippen LogP contribution in [0.25, 0.3) is 21.6 Å². The fraction of sp³-hybridized carbons (Fsp3) is 0.0588. The lowest BCUT2D eigenvalue weighted by molar-refractivity contribution is 0.182. The number of nitrogens with zero attached hydrogens (tertiary/aromatic N) is 4. The van der Waals surface area contributed by atoms with Gasteiger partial charge in [-0.1, -0.05) is 6.07 Å². The summed E-state index contributed by atoms with van der Waals surface area (Å²) in [4.78, 5) is 26.2. The summed E-state index contributed by atoms with van der Waals surface area (Å²) in [5.74, 6) is 0.395. The van der Waals surface area contributed by atoms with Crippen molar-refractivity contribution in [2.24, 2.45) is 0 Å². The van der Waals surface area contributed by atoms with Crippen LogP contribution >= 0.6 is 11.3 Å². The zero-order chi connectivity index (χ0) is 17.2. The second-order valence-corrected chi connectivity index (χ2v) is 6.43. The summed E-state index contributed by atoms with van der Waals surface area (Å²) in [5.41, 5.74) is 0.328. The molecule has 4 heterocycles. The van der Waals surface area contributed by atoms with Crippen molar-refractivity contribution in [2.75, 3.05) is 5.32 Å². The Morgan fingerprint density at radius 1 is 1.08 bits per heavy atom. The van der Waals surface area contributed by atoms with Crippen molar-refractivity contribution in [3.8, 4) is 10.6 Å². The highest BCUT2D eigenvalue weighted by molar-refractivity contribution is 7.15. The van der Waals surface area contributed by atoms with Gasteiger partial charge in [-0.15, -0.1) is 16.1 Å². The Labute approximate surface area is 146 Å². The first-order chi connectivity index (χ1) is 12.2. The van der Waals surface area contributed by atoms with Gasteiger partial charge in [-0.3, -0.25) is 4.98 Å². The SMILES string of the molecule is O=c1nc(NCc2ccc(-c3ccccn3)s2)c2cccnc2n1O. The van der Waals surface area contributed by atoms with Crippen molar-refractivity contribution in [3.05, 3.63) is 70.2 Å². The van der Waals surface area contributed by atoms with Gasteiger partial charge < -0.3 is 10.5 Å². The van der Waals surface area contributed by atoms with Crippen LogP contribution in [0.3, 0.4) is 0 Å². The molecule has 0 aromatic carbocycles. The quantitative estimate of drug-likeness (QED) is 0.549. The summed E-state index contributed by atoms with van der Waals surface area (Å²) in [6.45, 7) is 0.503. The Hall–Kier alpha value is -3.26. The van der Waals surface area contributed by atoms with Gasteiger partial charge in [0.2, 0.25) is 0 Å². The predicted molar refractivity (Wildman–Crippen MR) is 95.9 cm³/mol. The van der Waals surface area contributed by atoms with Crippen LogP contribution in [0.5, 0.6) is 0 Å². The average molecular weight is 351 g/mol. The van der Waals surface area contributed by atoms with Crippen LogP contribution in [-0.4, -0.2) is 24.9 Å². The molecule has 0 spiro atoms. The maximum Gasteiger partial charge on any atom is 0.384 e. The second kappa shape index (κ2) is 6.33. The molecule has 25 heavy (non-hydrogen) atoms. The highest BCUT2D eigenvalue weighted by Gasteiger charge is 2.11. The zero-order valence-electron chi connectivity index (χ0n) is 13.0. The zero-order valence-corrected chi connectivity index (χ0v) is 13.8. The number of aromatic nitrogens is 4. The predicted octanol–water partition coefficient (Wildman–Crippen LogP) is 2.76. The Morgan fingerprint density at radius 3 is 2.80 bits per heavy atom. The molecule has 0 bridgehead atoms. The lowest BCUT2D eigenvalue weighted by Gasteiger charge is -2.08. The monoisotopic (exact) mass is 351 g/mol. The summed E-state index contributed by atoms with van der Waals surface area (Å²) in [6.07, 6.45) is 3.27.